The molecule has 6 heteroatoms. The minimum Gasteiger partial charge on any atom is -0.497 e. The summed E-state index contributed by atoms with van der Waals surface area (Å²) in [6, 6.07) is 17.3. The number of benzene rings is 2. The summed E-state index contributed by atoms with van der Waals surface area (Å²) >= 11 is 0. The maximum atomic E-state index is 13.5. The molecule has 0 spiro atoms. The number of amides is 2. The van der Waals surface area contributed by atoms with Gasteiger partial charge in [0, 0.05) is 42.5 Å². The predicted octanol–water partition coefficient (Wildman–Crippen LogP) is 4.24. The van der Waals surface area contributed by atoms with Gasteiger partial charge in [0.2, 0.25) is 5.91 Å². The number of pyridine rings is 1. The highest BCUT2D eigenvalue weighted by Gasteiger charge is 2.31. The second kappa shape index (κ2) is 8.61. The molecule has 0 aliphatic carbocycles. The quantitative estimate of drug-likeness (QED) is 0.622. The van der Waals surface area contributed by atoms with Crippen LogP contribution in [0.15, 0.2) is 54.6 Å². The molecule has 6 nitrogen and oxygen atoms in total. The predicted molar refractivity (Wildman–Crippen MR) is 126 cm³/mol. The van der Waals surface area contributed by atoms with Crippen LogP contribution in [-0.2, 0) is 4.79 Å². The van der Waals surface area contributed by atoms with Crippen LogP contribution in [0, 0.1) is 5.41 Å². The van der Waals surface area contributed by atoms with Gasteiger partial charge in [0.05, 0.1) is 23.9 Å². The summed E-state index contributed by atoms with van der Waals surface area (Å²) < 4.78 is 5.25. The third kappa shape index (κ3) is 4.31. The number of fused-ring (bicyclic) bond motifs is 1. The normalized spacial score (nSPS) is 14.5. The molecule has 166 valence electrons. The number of para-hydroxylation sites is 1. The van der Waals surface area contributed by atoms with Crippen molar-refractivity contribution in [2.24, 2.45) is 5.41 Å². The van der Waals surface area contributed by atoms with Crippen LogP contribution < -0.4 is 4.74 Å². The number of methoxy groups -OCH3 is 1. The lowest BCUT2D eigenvalue weighted by Crippen LogP contribution is -2.53. The van der Waals surface area contributed by atoms with Gasteiger partial charge in [-0.15, -0.1) is 0 Å². The Morgan fingerprint density at radius 1 is 0.906 bits per heavy atom. The van der Waals surface area contributed by atoms with Crippen LogP contribution in [0.25, 0.3) is 22.2 Å². The number of rotatable bonds is 3. The van der Waals surface area contributed by atoms with E-state index in [4.69, 9.17) is 9.72 Å². The highest BCUT2D eigenvalue weighted by atomic mass is 16.5. The maximum Gasteiger partial charge on any atom is 0.254 e. The van der Waals surface area contributed by atoms with Gasteiger partial charge in [0.25, 0.3) is 5.91 Å². The monoisotopic (exact) mass is 431 g/mol. The van der Waals surface area contributed by atoms with Crippen molar-refractivity contribution in [3.05, 3.63) is 60.2 Å². The Hall–Kier alpha value is -3.41. The summed E-state index contributed by atoms with van der Waals surface area (Å²) in [6.07, 6.45) is 0. The van der Waals surface area contributed by atoms with E-state index in [0.717, 1.165) is 27.9 Å². The molecule has 0 bridgehead atoms. The molecule has 0 N–H and O–H groups in total. The summed E-state index contributed by atoms with van der Waals surface area (Å²) in [5, 5.41) is 0.836. The Bertz CT molecular complexity index is 1140. The molecular formula is C26H29N3O3. The molecule has 0 atom stereocenters. The molecular weight excluding hydrogens is 402 g/mol. The Labute approximate surface area is 188 Å². The van der Waals surface area contributed by atoms with Crippen LogP contribution in [0.5, 0.6) is 5.75 Å². The third-order valence-corrected chi connectivity index (χ3v) is 5.83. The topological polar surface area (TPSA) is 62.7 Å². The lowest BCUT2D eigenvalue weighted by Gasteiger charge is -2.37. The average molecular weight is 432 g/mol. The number of carbonyl (C=O) groups excluding carboxylic acids is 2. The molecule has 1 saturated heterocycles. The van der Waals surface area contributed by atoms with Gasteiger partial charge < -0.3 is 14.5 Å². The van der Waals surface area contributed by atoms with E-state index >= 15 is 0 Å². The first-order chi connectivity index (χ1) is 15.3. The van der Waals surface area contributed by atoms with Crippen LogP contribution in [0.2, 0.25) is 0 Å². The van der Waals surface area contributed by atoms with Gasteiger partial charge in [0.15, 0.2) is 0 Å². The molecule has 0 radical (unpaired) electrons. The van der Waals surface area contributed by atoms with Crippen LogP contribution >= 0.6 is 0 Å². The van der Waals surface area contributed by atoms with Gasteiger partial charge in [-0.25, -0.2) is 4.98 Å². The molecule has 2 heterocycles. The van der Waals surface area contributed by atoms with Crippen molar-refractivity contribution in [2.45, 2.75) is 20.8 Å². The van der Waals surface area contributed by atoms with E-state index in [1.807, 2.05) is 85.2 Å². The van der Waals surface area contributed by atoms with Gasteiger partial charge in [-0.1, -0.05) is 39.0 Å². The van der Waals surface area contributed by atoms with Crippen molar-refractivity contribution in [1.29, 1.82) is 0 Å². The van der Waals surface area contributed by atoms with E-state index in [-0.39, 0.29) is 11.8 Å². The molecule has 3 aromatic rings. The Morgan fingerprint density at radius 3 is 2.16 bits per heavy atom. The van der Waals surface area contributed by atoms with E-state index in [1.54, 1.807) is 7.11 Å². The van der Waals surface area contributed by atoms with Crippen molar-refractivity contribution in [3.8, 4) is 17.0 Å². The maximum absolute atomic E-state index is 13.5. The molecule has 2 aromatic carbocycles. The number of hydrogen-bond donors (Lipinski definition) is 0. The molecule has 1 fully saturated rings. The van der Waals surface area contributed by atoms with Gasteiger partial charge in [-0.05, 0) is 36.4 Å². The number of hydrogen-bond acceptors (Lipinski definition) is 4. The van der Waals surface area contributed by atoms with Crippen LogP contribution in [0.1, 0.15) is 31.1 Å². The molecule has 1 aliphatic rings. The average Bonchev–Trinajstić information content (AvgIpc) is 2.82. The SMILES string of the molecule is COc1ccc(-c2cc(C(=O)N3CCN(C(=O)C(C)(C)C)CC3)c3ccccc3n2)cc1. The zero-order chi connectivity index (χ0) is 22.9. The Morgan fingerprint density at radius 2 is 1.53 bits per heavy atom. The fraction of sp³-hybridized carbons (Fsp3) is 0.346. The van der Waals surface area contributed by atoms with Crippen LogP contribution in [-0.4, -0.2) is 59.9 Å². The summed E-state index contributed by atoms with van der Waals surface area (Å²) in [7, 11) is 1.63. The molecule has 2 amide bonds. The van der Waals surface area contributed by atoms with E-state index < -0.39 is 5.41 Å². The van der Waals surface area contributed by atoms with Crippen molar-refractivity contribution >= 4 is 22.7 Å². The van der Waals surface area contributed by atoms with Crippen molar-refractivity contribution < 1.29 is 14.3 Å². The Kier molecular flexibility index (Phi) is 5.87. The van der Waals surface area contributed by atoms with Gasteiger partial charge in [-0.2, -0.15) is 0 Å². The zero-order valence-corrected chi connectivity index (χ0v) is 19.1. The lowest BCUT2D eigenvalue weighted by atomic mass is 9.94. The number of piperazine rings is 1. The van der Waals surface area contributed by atoms with E-state index in [2.05, 4.69) is 0 Å². The fourth-order valence-electron chi connectivity index (χ4n) is 4.02. The van der Waals surface area contributed by atoms with Gasteiger partial charge >= 0.3 is 0 Å². The number of nitrogens with zero attached hydrogens (tertiary/aromatic N) is 3. The summed E-state index contributed by atoms with van der Waals surface area (Å²) in [4.78, 5) is 34.6. The van der Waals surface area contributed by atoms with Gasteiger partial charge in [-0.3, -0.25) is 9.59 Å². The van der Waals surface area contributed by atoms with E-state index in [9.17, 15) is 9.59 Å². The lowest BCUT2D eigenvalue weighted by molar-refractivity contribution is -0.140. The smallest absolute Gasteiger partial charge is 0.254 e. The summed E-state index contributed by atoms with van der Waals surface area (Å²) in [5.74, 6) is 0.871. The second-order valence-electron chi connectivity index (χ2n) is 9.14. The molecule has 1 aliphatic heterocycles. The second-order valence-corrected chi connectivity index (χ2v) is 9.14. The van der Waals surface area contributed by atoms with Crippen molar-refractivity contribution in [1.82, 2.24) is 14.8 Å². The molecule has 0 saturated carbocycles. The minimum atomic E-state index is -0.416. The number of aromatic nitrogens is 1. The molecule has 32 heavy (non-hydrogen) atoms. The first-order valence-electron chi connectivity index (χ1n) is 10.9. The van der Waals surface area contributed by atoms with Crippen molar-refractivity contribution in [3.63, 3.8) is 0 Å². The first kappa shape index (κ1) is 21.8. The fourth-order valence-corrected chi connectivity index (χ4v) is 4.02. The zero-order valence-electron chi connectivity index (χ0n) is 19.1. The summed E-state index contributed by atoms with van der Waals surface area (Å²) in [5.41, 5.74) is 2.67. The molecule has 0 unspecified atom stereocenters. The van der Waals surface area contributed by atoms with E-state index in [1.165, 1.54) is 0 Å². The van der Waals surface area contributed by atoms with Gasteiger partial charge in [0.1, 0.15) is 5.75 Å². The van der Waals surface area contributed by atoms with Crippen LogP contribution in [0.4, 0.5) is 0 Å². The molecule has 4 rings (SSSR count). The third-order valence-electron chi connectivity index (χ3n) is 5.83. The standard InChI is InChI=1S/C26H29N3O3/c1-26(2,3)25(31)29-15-13-28(14-16-29)24(30)21-17-23(18-9-11-19(32-4)12-10-18)27-22-8-6-5-7-20(21)22/h5-12,17H,13-16H2,1-4H3. The highest BCUT2D eigenvalue weighted by molar-refractivity contribution is 6.07. The number of carbonyl (C=O) groups is 2. The highest BCUT2D eigenvalue weighted by Crippen LogP contribution is 2.28. The van der Waals surface area contributed by atoms with Crippen molar-refractivity contribution in [2.75, 3.05) is 33.3 Å². The summed E-state index contributed by atoms with van der Waals surface area (Å²) in [6.45, 7) is 7.93. The largest absolute Gasteiger partial charge is 0.497 e. The van der Waals surface area contributed by atoms with Crippen LogP contribution in [0.3, 0.4) is 0 Å². The van der Waals surface area contributed by atoms with E-state index in [0.29, 0.717) is 31.7 Å². The minimum absolute atomic E-state index is 0.0266. The molecule has 1 aromatic heterocycles. The first-order valence-corrected chi connectivity index (χ1v) is 10.9. The Balaban J connectivity index is 1.63. The number of ether oxygens (including phenoxy) is 1.